The van der Waals surface area contributed by atoms with Crippen molar-refractivity contribution in [2.24, 2.45) is 0 Å². The molecule has 1 saturated carbocycles. The molecule has 0 unspecified atom stereocenters. The molecule has 16 heavy (non-hydrogen) atoms. The predicted molar refractivity (Wildman–Crippen MR) is 60.4 cm³/mol. The van der Waals surface area contributed by atoms with Gasteiger partial charge in [0.25, 0.3) is 0 Å². The van der Waals surface area contributed by atoms with Gasteiger partial charge >= 0.3 is 5.97 Å². The summed E-state index contributed by atoms with van der Waals surface area (Å²) in [6.07, 6.45) is 1.91. The van der Waals surface area contributed by atoms with Gasteiger partial charge in [-0.1, -0.05) is 17.7 Å². The highest BCUT2D eigenvalue weighted by atomic mass is 16.6. The first-order valence-electron chi connectivity index (χ1n) is 5.49. The monoisotopic (exact) mass is 220 g/mol. The number of benzene rings is 1. The van der Waals surface area contributed by atoms with Gasteiger partial charge in [0.15, 0.2) is 0 Å². The smallest absolute Gasteiger partial charge is 0.338 e. The number of aryl methyl sites for hydroxylation is 1. The van der Waals surface area contributed by atoms with E-state index in [-0.39, 0.29) is 18.2 Å². The molecule has 1 aromatic rings. The van der Waals surface area contributed by atoms with Gasteiger partial charge in [-0.05, 0) is 19.1 Å². The Morgan fingerprint density at radius 3 is 2.38 bits per heavy atom. The summed E-state index contributed by atoms with van der Waals surface area (Å²) in [5.41, 5.74) is 1.76. The van der Waals surface area contributed by atoms with Crippen molar-refractivity contribution >= 4 is 5.97 Å². The maximum Gasteiger partial charge on any atom is 0.338 e. The van der Waals surface area contributed by atoms with Crippen molar-refractivity contribution < 1.29 is 14.3 Å². The van der Waals surface area contributed by atoms with E-state index in [1.165, 1.54) is 0 Å². The quantitative estimate of drug-likeness (QED) is 0.733. The molecule has 1 aliphatic rings. The van der Waals surface area contributed by atoms with Crippen LogP contribution < -0.4 is 0 Å². The van der Waals surface area contributed by atoms with Crippen LogP contribution in [0, 0.1) is 6.92 Å². The van der Waals surface area contributed by atoms with E-state index < -0.39 is 0 Å². The Balaban J connectivity index is 1.87. The Kier molecular flexibility index (Phi) is 3.25. The van der Waals surface area contributed by atoms with E-state index in [2.05, 4.69) is 0 Å². The Morgan fingerprint density at radius 2 is 1.81 bits per heavy atom. The molecule has 0 amide bonds. The molecule has 0 spiro atoms. The fraction of sp³-hybridized carbons (Fsp3) is 0.462. The summed E-state index contributed by atoms with van der Waals surface area (Å²) in [5.74, 6) is -0.237. The minimum absolute atomic E-state index is 0.0266. The first-order valence-corrected chi connectivity index (χ1v) is 5.49. The summed E-state index contributed by atoms with van der Waals surface area (Å²) in [7, 11) is 1.68. The zero-order valence-electron chi connectivity index (χ0n) is 9.60. The van der Waals surface area contributed by atoms with Gasteiger partial charge in [-0.25, -0.2) is 4.79 Å². The lowest BCUT2D eigenvalue weighted by molar-refractivity contribution is -0.0640. The molecule has 0 radical (unpaired) electrons. The minimum atomic E-state index is -0.237. The van der Waals surface area contributed by atoms with Crippen LogP contribution in [0.15, 0.2) is 24.3 Å². The molecular formula is C13H16O3. The van der Waals surface area contributed by atoms with E-state index in [0.29, 0.717) is 5.56 Å². The fourth-order valence-electron chi connectivity index (χ4n) is 1.72. The number of carbonyl (C=O) groups excluding carboxylic acids is 1. The summed E-state index contributed by atoms with van der Waals surface area (Å²) >= 11 is 0. The average Bonchev–Trinajstić information content (AvgIpc) is 2.23. The number of rotatable bonds is 3. The maximum atomic E-state index is 11.7. The van der Waals surface area contributed by atoms with Gasteiger partial charge in [0.2, 0.25) is 0 Å². The van der Waals surface area contributed by atoms with Crippen molar-refractivity contribution in [3.63, 3.8) is 0 Å². The highest BCUT2D eigenvalue weighted by Gasteiger charge is 2.32. The highest BCUT2D eigenvalue weighted by molar-refractivity contribution is 5.89. The average molecular weight is 220 g/mol. The molecule has 0 saturated heterocycles. The van der Waals surface area contributed by atoms with Crippen LogP contribution in [-0.4, -0.2) is 25.3 Å². The topological polar surface area (TPSA) is 35.5 Å². The van der Waals surface area contributed by atoms with Crippen molar-refractivity contribution in [2.45, 2.75) is 32.0 Å². The zero-order chi connectivity index (χ0) is 11.5. The van der Waals surface area contributed by atoms with Crippen LogP contribution in [0.25, 0.3) is 0 Å². The normalized spacial score (nSPS) is 23.6. The van der Waals surface area contributed by atoms with E-state index in [1.54, 1.807) is 19.2 Å². The molecule has 0 atom stereocenters. The standard InChI is InChI=1S/C13H16O3/c1-9-3-5-10(6-4-9)13(14)16-12-7-11(8-12)15-2/h3-6,11-12H,7-8H2,1-2H3. The van der Waals surface area contributed by atoms with Crippen LogP contribution in [-0.2, 0) is 9.47 Å². The molecule has 0 bridgehead atoms. The Bertz CT molecular complexity index is 363. The summed E-state index contributed by atoms with van der Waals surface area (Å²) in [5, 5.41) is 0. The van der Waals surface area contributed by atoms with Gasteiger partial charge in [-0.2, -0.15) is 0 Å². The Labute approximate surface area is 95.4 Å². The van der Waals surface area contributed by atoms with Crippen LogP contribution >= 0.6 is 0 Å². The summed E-state index contributed by atoms with van der Waals surface area (Å²) in [6, 6.07) is 7.42. The molecule has 2 rings (SSSR count). The van der Waals surface area contributed by atoms with Crippen molar-refractivity contribution in [3.05, 3.63) is 35.4 Å². The molecule has 3 heteroatoms. The first-order chi connectivity index (χ1) is 7.69. The fourth-order valence-corrected chi connectivity index (χ4v) is 1.72. The molecule has 1 fully saturated rings. The third-order valence-electron chi connectivity index (χ3n) is 2.95. The maximum absolute atomic E-state index is 11.7. The number of carbonyl (C=O) groups is 1. The number of esters is 1. The zero-order valence-corrected chi connectivity index (χ0v) is 9.60. The third kappa shape index (κ3) is 2.42. The van der Waals surface area contributed by atoms with Crippen LogP contribution in [0.1, 0.15) is 28.8 Å². The number of hydrogen-bond donors (Lipinski definition) is 0. The largest absolute Gasteiger partial charge is 0.459 e. The minimum Gasteiger partial charge on any atom is -0.459 e. The second kappa shape index (κ2) is 4.66. The predicted octanol–water partition coefficient (Wildman–Crippen LogP) is 2.33. The Hall–Kier alpha value is -1.35. The molecule has 0 N–H and O–H groups in total. The number of methoxy groups -OCH3 is 1. The van der Waals surface area contributed by atoms with Gasteiger partial charge in [-0.3, -0.25) is 0 Å². The molecule has 3 nitrogen and oxygen atoms in total. The van der Waals surface area contributed by atoms with Gasteiger partial charge in [0.05, 0.1) is 11.7 Å². The van der Waals surface area contributed by atoms with Crippen LogP contribution in [0.3, 0.4) is 0 Å². The molecule has 1 aliphatic carbocycles. The van der Waals surface area contributed by atoms with E-state index in [9.17, 15) is 4.79 Å². The molecule has 86 valence electrons. The lowest BCUT2D eigenvalue weighted by Crippen LogP contribution is -2.38. The first kappa shape index (κ1) is 11.1. The van der Waals surface area contributed by atoms with Gasteiger partial charge in [0.1, 0.15) is 6.10 Å². The highest BCUT2D eigenvalue weighted by Crippen LogP contribution is 2.26. The summed E-state index contributed by atoms with van der Waals surface area (Å²) < 4.78 is 10.5. The lowest BCUT2D eigenvalue weighted by Gasteiger charge is -2.33. The lowest BCUT2D eigenvalue weighted by atomic mass is 9.92. The van der Waals surface area contributed by atoms with Crippen molar-refractivity contribution in [1.82, 2.24) is 0 Å². The third-order valence-corrected chi connectivity index (χ3v) is 2.95. The summed E-state index contributed by atoms with van der Waals surface area (Å²) in [6.45, 7) is 1.99. The van der Waals surface area contributed by atoms with Crippen LogP contribution in [0.2, 0.25) is 0 Å². The Morgan fingerprint density at radius 1 is 1.19 bits per heavy atom. The van der Waals surface area contributed by atoms with Crippen molar-refractivity contribution in [1.29, 1.82) is 0 Å². The van der Waals surface area contributed by atoms with E-state index in [0.717, 1.165) is 18.4 Å². The summed E-state index contributed by atoms with van der Waals surface area (Å²) in [4.78, 5) is 11.7. The van der Waals surface area contributed by atoms with Crippen LogP contribution in [0.5, 0.6) is 0 Å². The second-order valence-electron chi connectivity index (χ2n) is 4.22. The molecule has 0 aromatic heterocycles. The molecule has 0 aliphatic heterocycles. The SMILES string of the molecule is COC1CC(OC(=O)c2ccc(C)cc2)C1. The van der Waals surface area contributed by atoms with Gasteiger partial charge < -0.3 is 9.47 Å². The van der Waals surface area contributed by atoms with E-state index >= 15 is 0 Å². The number of ether oxygens (including phenoxy) is 2. The number of hydrogen-bond acceptors (Lipinski definition) is 3. The second-order valence-corrected chi connectivity index (χ2v) is 4.22. The van der Waals surface area contributed by atoms with Gasteiger partial charge in [0, 0.05) is 20.0 Å². The van der Waals surface area contributed by atoms with Crippen molar-refractivity contribution in [3.8, 4) is 0 Å². The molecular weight excluding hydrogens is 204 g/mol. The molecule has 0 heterocycles. The van der Waals surface area contributed by atoms with Gasteiger partial charge in [-0.15, -0.1) is 0 Å². The van der Waals surface area contributed by atoms with Crippen molar-refractivity contribution in [2.75, 3.05) is 7.11 Å². The van der Waals surface area contributed by atoms with E-state index in [1.807, 2.05) is 19.1 Å². The van der Waals surface area contributed by atoms with Crippen LogP contribution in [0.4, 0.5) is 0 Å². The molecule has 1 aromatic carbocycles. The van der Waals surface area contributed by atoms with E-state index in [4.69, 9.17) is 9.47 Å².